The van der Waals surface area contributed by atoms with E-state index < -0.39 is 0 Å². The predicted molar refractivity (Wildman–Crippen MR) is 58.9 cm³/mol. The monoisotopic (exact) mass is 220 g/mol. The number of aromatic hydroxyl groups is 1. The Kier molecular flexibility index (Phi) is 2.56. The van der Waals surface area contributed by atoms with Crippen LogP contribution in [0.25, 0.3) is 11.3 Å². The first-order valence-electron chi connectivity index (χ1n) is 4.46. The molecule has 0 atom stereocenters. The molecule has 2 aromatic rings. The van der Waals surface area contributed by atoms with E-state index in [9.17, 15) is 5.11 Å². The highest BCUT2D eigenvalue weighted by Gasteiger charge is 2.03. The summed E-state index contributed by atoms with van der Waals surface area (Å²) in [5.41, 5.74) is 2.39. The van der Waals surface area contributed by atoms with Crippen LogP contribution in [-0.4, -0.2) is 15.3 Å². The smallest absolute Gasteiger partial charge is 0.154 e. The first kappa shape index (κ1) is 9.93. The molecule has 1 heterocycles. The van der Waals surface area contributed by atoms with Crippen LogP contribution in [-0.2, 0) is 0 Å². The van der Waals surface area contributed by atoms with E-state index in [1.54, 1.807) is 18.2 Å². The average Bonchev–Trinajstić information content (AvgIpc) is 2.22. The predicted octanol–water partition coefficient (Wildman–Crippen LogP) is 2.81. The number of hydrogen-bond acceptors (Lipinski definition) is 3. The lowest BCUT2D eigenvalue weighted by molar-refractivity contribution is 0.475. The molecule has 0 amide bonds. The van der Waals surface area contributed by atoms with Gasteiger partial charge < -0.3 is 5.11 Å². The van der Waals surface area contributed by atoms with Crippen LogP contribution in [0.5, 0.6) is 5.75 Å². The van der Waals surface area contributed by atoms with Crippen molar-refractivity contribution in [3.8, 4) is 17.0 Å². The van der Waals surface area contributed by atoms with Crippen LogP contribution in [0.15, 0.2) is 30.3 Å². The zero-order valence-electron chi connectivity index (χ0n) is 8.11. The van der Waals surface area contributed by atoms with Crippen molar-refractivity contribution >= 4 is 11.6 Å². The van der Waals surface area contributed by atoms with Gasteiger partial charge in [-0.1, -0.05) is 23.7 Å². The van der Waals surface area contributed by atoms with Crippen LogP contribution < -0.4 is 0 Å². The molecule has 1 aromatic heterocycles. The molecule has 0 saturated carbocycles. The van der Waals surface area contributed by atoms with E-state index in [-0.39, 0.29) is 5.75 Å². The van der Waals surface area contributed by atoms with Gasteiger partial charge in [-0.15, -0.1) is 10.2 Å². The highest BCUT2D eigenvalue weighted by Crippen LogP contribution is 2.23. The van der Waals surface area contributed by atoms with E-state index >= 15 is 0 Å². The fourth-order valence-corrected chi connectivity index (χ4v) is 1.37. The molecule has 0 aliphatic heterocycles. The Hall–Kier alpha value is -1.61. The van der Waals surface area contributed by atoms with E-state index in [4.69, 9.17) is 11.6 Å². The molecule has 0 saturated heterocycles. The van der Waals surface area contributed by atoms with Crippen molar-refractivity contribution in [3.05, 3.63) is 41.0 Å². The first-order valence-corrected chi connectivity index (χ1v) is 4.84. The van der Waals surface area contributed by atoms with Crippen LogP contribution in [0.2, 0.25) is 5.15 Å². The summed E-state index contributed by atoms with van der Waals surface area (Å²) in [6.45, 7) is 1.86. The number of halogens is 1. The van der Waals surface area contributed by atoms with E-state index in [1.165, 1.54) is 0 Å². The van der Waals surface area contributed by atoms with E-state index in [1.807, 2.05) is 19.1 Å². The number of aryl methyl sites for hydroxylation is 1. The number of phenolic OH excluding ortho intramolecular Hbond substituents is 1. The quantitative estimate of drug-likeness (QED) is 0.804. The van der Waals surface area contributed by atoms with E-state index in [0.717, 1.165) is 11.1 Å². The maximum Gasteiger partial charge on any atom is 0.154 e. The number of benzene rings is 1. The standard InChI is InChI=1S/C11H9ClN2O/c1-7-5-10(13-14-11(7)12)8-3-2-4-9(15)6-8/h2-6,15H,1H3. The van der Waals surface area contributed by atoms with Crippen molar-refractivity contribution in [2.75, 3.05) is 0 Å². The lowest BCUT2D eigenvalue weighted by Crippen LogP contribution is -1.90. The summed E-state index contributed by atoms with van der Waals surface area (Å²) in [5, 5.41) is 17.5. The molecule has 1 N–H and O–H groups in total. The minimum absolute atomic E-state index is 0.210. The Bertz CT molecular complexity index is 500. The summed E-state index contributed by atoms with van der Waals surface area (Å²) in [7, 11) is 0. The Morgan fingerprint density at radius 1 is 1.20 bits per heavy atom. The lowest BCUT2D eigenvalue weighted by atomic mass is 10.1. The molecule has 0 unspecified atom stereocenters. The second-order valence-corrected chi connectivity index (χ2v) is 3.61. The van der Waals surface area contributed by atoms with Crippen LogP contribution >= 0.6 is 11.6 Å². The number of rotatable bonds is 1. The van der Waals surface area contributed by atoms with Crippen molar-refractivity contribution in [2.45, 2.75) is 6.92 Å². The highest BCUT2D eigenvalue weighted by atomic mass is 35.5. The summed E-state index contributed by atoms with van der Waals surface area (Å²) >= 11 is 5.78. The van der Waals surface area contributed by atoms with Gasteiger partial charge in [0, 0.05) is 5.56 Å². The van der Waals surface area contributed by atoms with Crippen molar-refractivity contribution in [1.29, 1.82) is 0 Å². The van der Waals surface area contributed by atoms with E-state index in [0.29, 0.717) is 10.8 Å². The SMILES string of the molecule is Cc1cc(-c2cccc(O)c2)nnc1Cl. The van der Waals surface area contributed by atoms with Gasteiger partial charge in [-0.3, -0.25) is 0 Å². The van der Waals surface area contributed by atoms with Gasteiger partial charge in [0.25, 0.3) is 0 Å². The fourth-order valence-electron chi connectivity index (χ4n) is 1.28. The number of nitrogens with zero attached hydrogens (tertiary/aromatic N) is 2. The molecule has 3 nitrogen and oxygen atoms in total. The van der Waals surface area contributed by atoms with Crippen LogP contribution in [0.4, 0.5) is 0 Å². The molecule has 76 valence electrons. The van der Waals surface area contributed by atoms with Crippen LogP contribution in [0.1, 0.15) is 5.56 Å². The van der Waals surface area contributed by atoms with Crippen molar-refractivity contribution in [1.82, 2.24) is 10.2 Å². The zero-order chi connectivity index (χ0) is 10.8. The summed E-state index contributed by atoms with van der Waals surface area (Å²) in [5.74, 6) is 0.210. The summed E-state index contributed by atoms with van der Waals surface area (Å²) < 4.78 is 0. The van der Waals surface area contributed by atoms with Crippen molar-refractivity contribution in [2.24, 2.45) is 0 Å². The van der Waals surface area contributed by atoms with Gasteiger partial charge in [-0.2, -0.15) is 0 Å². The molecule has 0 radical (unpaired) electrons. The molecule has 0 fully saturated rings. The number of phenols is 1. The molecular formula is C11H9ClN2O. The molecule has 1 aromatic carbocycles. The third-order valence-corrected chi connectivity index (χ3v) is 2.44. The van der Waals surface area contributed by atoms with Gasteiger partial charge in [0.1, 0.15) is 5.75 Å². The molecule has 0 bridgehead atoms. The summed E-state index contributed by atoms with van der Waals surface area (Å²) in [6.07, 6.45) is 0. The molecular weight excluding hydrogens is 212 g/mol. The molecule has 0 spiro atoms. The van der Waals surface area contributed by atoms with Crippen molar-refractivity contribution in [3.63, 3.8) is 0 Å². The molecule has 0 aliphatic rings. The number of aromatic nitrogens is 2. The Labute approximate surface area is 92.4 Å². The second kappa shape index (κ2) is 3.87. The van der Waals surface area contributed by atoms with Gasteiger partial charge in [0.2, 0.25) is 0 Å². The minimum atomic E-state index is 0.210. The highest BCUT2D eigenvalue weighted by molar-refractivity contribution is 6.30. The van der Waals surface area contributed by atoms with Gasteiger partial charge >= 0.3 is 0 Å². The fraction of sp³-hybridized carbons (Fsp3) is 0.0909. The van der Waals surface area contributed by atoms with Crippen molar-refractivity contribution < 1.29 is 5.11 Å². The van der Waals surface area contributed by atoms with Gasteiger partial charge in [-0.05, 0) is 30.7 Å². The van der Waals surface area contributed by atoms with E-state index in [2.05, 4.69) is 10.2 Å². The van der Waals surface area contributed by atoms with Gasteiger partial charge in [0.05, 0.1) is 5.69 Å². The van der Waals surface area contributed by atoms with Gasteiger partial charge in [-0.25, -0.2) is 0 Å². The normalized spacial score (nSPS) is 10.3. The molecule has 0 aliphatic carbocycles. The van der Waals surface area contributed by atoms with Crippen LogP contribution in [0, 0.1) is 6.92 Å². The first-order chi connectivity index (χ1) is 7.16. The Balaban J connectivity index is 2.50. The zero-order valence-corrected chi connectivity index (χ0v) is 8.86. The van der Waals surface area contributed by atoms with Crippen LogP contribution in [0.3, 0.4) is 0 Å². The molecule has 2 rings (SSSR count). The molecule has 4 heteroatoms. The minimum Gasteiger partial charge on any atom is -0.508 e. The summed E-state index contributed by atoms with van der Waals surface area (Å²) in [4.78, 5) is 0. The third kappa shape index (κ3) is 2.07. The maximum atomic E-state index is 9.32. The Morgan fingerprint density at radius 2 is 2.00 bits per heavy atom. The molecule has 15 heavy (non-hydrogen) atoms. The lowest BCUT2D eigenvalue weighted by Gasteiger charge is -2.02. The second-order valence-electron chi connectivity index (χ2n) is 3.25. The average molecular weight is 221 g/mol. The Morgan fingerprint density at radius 3 is 2.67 bits per heavy atom. The largest absolute Gasteiger partial charge is 0.508 e. The maximum absolute atomic E-state index is 9.32. The number of hydrogen-bond donors (Lipinski definition) is 1. The van der Waals surface area contributed by atoms with Gasteiger partial charge in [0.15, 0.2) is 5.15 Å². The third-order valence-electron chi connectivity index (χ3n) is 2.07. The topological polar surface area (TPSA) is 46.0 Å². The summed E-state index contributed by atoms with van der Waals surface area (Å²) in [6, 6.07) is 8.70.